The third-order valence-corrected chi connectivity index (χ3v) is 2.82. The van der Waals surface area contributed by atoms with E-state index in [0.717, 1.165) is 23.5 Å². The summed E-state index contributed by atoms with van der Waals surface area (Å²) >= 11 is 0.924. The van der Waals surface area contributed by atoms with Crippen molar-refractivity contribution in [1.29, 1.82) is 5.26 Å². The van der Waals surface area contributed by atoms with Crippen molar-refractivity contribution in [3.63, 3.8) is 0 Å². The van der Waals surface area contributed by atoms with Gasteiger partial charge in [0.2, 0.25) is 0 Å². The van der Waals surface area contributed by atoms with Gasteiger partial charge in [0.25, 0.3) is 5.19 Å². The lowest BCUT2D eigenvalue weighted by atomic mass is 10.1. The first-order valence-corrected chi connectivity index (χ1v) is 5.72. The Labute approximate surface area is 109 Å². The van der Waals surface area contributed by atoms with Gasteiger partial charge in [0.15, 0.2) is 0 Å². The molecule has 1 aromatic carbocycles. The van der Waals surface area contributed by atoms with Crippen molar-refractivity contribution in [3.8, 4) is 17.0 Å². The highest BCUT2D eigenvalue weighted by Gasteiger charge is 2.35. The SMILES string of the molecule is N#Cc1ccc(Oc2ncc(N)s2)c(C(F)(F)F)c1. The van der Waals surface area contributed by atoms with Gasteiger partial charge in [0, 0.05) is 0 Å². The number of hydrogen-bond donors (Lipinski definition) is 1. The van der Waals surface area contributed by atoms with Gasteiger partial charge >= 0.3 is 6.18 Å². The number of thiazole rings is 1. The summed E-state index contributed by atoms with van der Waals surface area (Å²) in [6.45, 7) is 0. The highest BCUT2D eigenvalue weighted by Crippen LogP contribution is 2.39. The van der Waals surface area contributed by atoms with Crippen LogP contribution in [0.3, 0.4) is 0 Å². The first kappa shape index (κ1) is 13.2. The number of nitriles is 1. The fourth-order valence-corrected chi connectivity index (χ4v) is 1.87. The average molecular weight is 285 g/mol. The fourth-order valence-electron chi connectivity index (χ4n) is 1.32. The predicted octanol–water partition coefficient (Wildman–Crippen LogP) is 3.41. The molecule has 1 aromatic heterocycles. The van der Waals surface area contributed by atoms with Crippen molar-refractivity contribution in [2.45, 2.75) is 6.18 Å². The van der Waals surface area contributed by atoms with Crippen LogP contribution in [0.5, 0.6) is 10.9 Å². The van der Waals surface area contributed by atoms with E-state index in [0.29, 0.717) is 5.00 Å². The first-order chi connectivity index (χ1) is 8.90. The third-order valence-electron chi connectivity index (χ3n) is 2.11. The van der Waals surface area contributed by atoms with Crippen LogP contribution in [0.1, 0.15) is 11.1 Å². The van der Waals surface area contributed by atoms with Crippen LogP contribution in [0.15, 0.2) is 24.4 Å². The maximum absolute atomic E-state index is 12.8. The summed E-state index contributed by atoms with van der Waals surface area (Å²) in [5.41, 5.74) is 4.29. The molecule has 0 spiro atoms. The number of alkyl halides is 3. The number of anilines is 1. The molecule has 0 unspecified atom stereocenters. The van der Waals surface area contributed by atoms with Crippen LogP contribution < -0.4 is 10.5 Å². The largest absolute Gasteiger partial charge is 0.430 e. The lowest BCUT2D eigenvalue weighted by Gasteiger charge is -2.12. The Bertz CT molecular complexity index is 645. The number of ether oxygens (including phenoxy) is 1. The standard InChI is InChI=1S/C11H6F3N3OS/c12-11(13,14)7-3-6(4-15)1-2-8(7)18-10-17-5-9(16)19-10/h1-3,5H,16H2. The number of hydrogen-bond acceptors (Lipinski definition) is 5. The van der Waals surface area contributed by atoms with Gasteiger partial charge in [0.1, 0.15) is 10.8 Å². The summed E-state index contributed by atoms with van der Waals surface area (Å²) < 4.78 is 43.6. The minimum Gasteiger partial charge on any atom is -0.430 e. The molecule has 0 bridgehead atoms. The highest BCUT2D eigenvalue weighted by atomic mass is 32.1. The molecule has 2 aromatic rings. The molecule has 0 aliphatic rings. The third kappa shape index (κ3) is 2.95. The number of benzene rings is 1. The van der Waals surface area contributed by atoms with E-state index in [4.69, 9.17) is 15.7 Å². The Balaban J connectivity index is 2.42. The van der Waals surface area contributed by atoms with E-state index in [1.165, 1.54) is 12.3 Å². The molecule has 0 saturated heterocycles. The highest BCUT2D eigenvalue weighted by molar-refractivity contribution is 7.17. The van der Waals surface area contributed by atoms with Crippen LogP contribution in [0, 0.1) is 11.3 Å². The van der Waals surface area contributed by atoms with Crippen LogP contribution >= 0.6 is 11.3 Å². The molecule has 0 atom stereocenters. The van der Waals surface area contributed by atoms with E-state index in [9.17, 15) is 13.2 Å². The summed E-state index contributed by atoms with van der Waals surface area (Å²) in [6.07, 6.45) is -3.33. The second-order valence-electron chi connectivity index (χ2n) is 3.45. The second-order valence-corrected chi connectivity index (χ2v) is 4.48. The summed E-state index contributed by atoms with van der Waals surface area (Å²) in [4.78, 5) is 3.72. The van der Waals surface area contributed by atoms with Gasteiger partial charge in [-0.3, -0.25) is 0 Å². The first-order valence-electron chi connectivity index (χ1n) is 4.90. The van der Waals surface area contributed by atoms with Crippen molar-refractivity contribution in [2.75, 3.05) is 5.73 Å². The number of halogens is 3. The monoisotopic (exact) mass is 285 g/mol. The lowest BCUT2D eigenvalue weighted by molar-refractivity contribution is -0.138. The van der Waals surface area contributed by atoms with Crippen LogP contribution in [-0.4, -0.2) is 4.98 Å². The summed E-state index contributed by atoms with van der Waals surface area (Å²) in [6, 6.07) is 4.69. The van der Waals surface area contributed by atoms with Crippen LogP contribution in [0.25, 0.3) is 0 Å². The molecular formula is C11H6F3N3OS. The quantitative estimate of drug-likeness (QED) is 0.917. The zero-order chi connectivity index (χ0) is 14.0. The van der Waals surface area contributed by atoms with Gasteiger partial charge in [-0.1, -0.05) is 11.3 Å². The maximum atomic E-state index is 12.8. The van der Waals surface area contributed by atoms with Gasteiger partial charge in [0.05, 0.1) is 23.4 Å². The molecule has 0 saturated carbocycles. The van der Waals surface area contributed by atoms with E-state index >= 15 is 0 Å². The van der Waals surface area contributed by atoms with Crippen LogP contribution in [0.2, 0.25) is 0 Å². The minimum atomic E-state index is -4.62. The van der Waals surface area contributed by atoms with E-state index < -0.39 is 17.5 Å². The molecule has 0 amide bonds. The lowest BCUT2D eigenvalue weighted by Crippen LogP contribution is -2.07. The molecule has 8 heteroatoms. The molecule has 4 nitrogen and oxygen atoms in total. The van der Waals surface area contributed by atoms with E-state index in [-0.39, 0.29) is 10.8 Å². The van der Waals surface area contributed by atoms with Crippen molar-refractivity contribution in [3.05, 3.63) is 35.5 Å². The van der Waals surface area contributed by atoms with Crippen molar-refractivity contribution < 1.29 is 17.9 Å². The molecule has 2 rings (SSSR count). The van der Waals surface area contributed by atoms with Gasteiger partial charge in [-0.2, -0.15) is 18.4 Å². The molecular weight excluding hydrogens is 279 g/mol. The molecule has 98 valence electrons. The average Bonchev–Trinajstić information content (AvgIpc) is 2.74. The maximum Gasteiger partial charge on any atom is 0.420 e. The van der Waals surface area contributed by atoms with Gasteiger partial charge in [-0.25, -0.2) is 4.98 Å². The normalized spacial score (nSPS) is 11.1. The number of nitrogens with zero attached hydrogens (tertiary/aromatic N) is 2. The van der Waals surface area contributed by atoms with Crippen molar-refractivity contribution >= 4 is 16.3 Å². The number of aromatic nitrogens is 1. The Morgan fingerprint density at radius 1 is 1.37 bits per heavy atom. The molecule has 0 aliphatic heterocycles. The zero-order valence-electron chi connectivity index (χ0n) is 9.23. The zero-order valence-corrected chi connectivity index (χ0v) is 10.0. The topological polar surface area (TPSA) is 71.9 Å². The van der Waals surface area contributed by atoms with E-state index in [1.54, 1.807) is 6.07 Å². The summed E-state index contributed by atoms with van der Waals surface area (Å²) in [7, 11) is 0. The van der Waals surface area contributed by atoms with Gasteiger partial charge in [-0.15, -0.1) is 0 Å². The summed E-state index contributed by atoms with van der Waals surface area (Å²) in [5, 5.41) is 8.96. The van der Waals surface area contributed by atoms with Gasteiger partial charge in [-0.05, 0) is 18.2 Å². The predicted molar refractivity (Wildman–Crippen MR) is 62.8 cm³/mol. The Hall–Kier alpha value is -2.27. The van der Waals surface area contributed by atoms with Crippen molar-refractivity contribution in [2.24, 2.45) is 0 Å². The number of nitrogen functional groups attached to an aromatic ring is 1. The molecule has 0 aliphatic carbocycles. The molecule has 19 heavy (non-hydrogen) atoms. The smallest absolute Gasteiger partial charge is 0.420 e. The van der Waals surface area contributed by atoms with Crippen LogP contribution in [0.4, 0.5) is 18.2 Å². The summed E-state index contributed by atoms with van der Waals surface area (Å²) in [5.74, 6) is -0.416. The van der Waals surface area contributed by atoms with E-state index in [2.05, 4.69) is 4.98 Å². The second kappa shape index (κ2) is 4.78. The van der Waals surface area contributed by atoms with Crippen molar-refractivity contribution in [1.82, 2.24) is 4.98 Å². The molecule has 2 N–H and O–H groups in total. The minimum absolute atomic E-state index is 0.00714. The molecule has 0 fully saturated rings. The molecule has 1 heterocycles. The number of rotatable bonds is 2. The fraction of sp³-hybridized carbons (Fsp3) is 0.0909. The van der Waals surface area contributed by atoms with Gasteiger partial charge < -0.3 is 10.5 Å². The molecule has 0 radical (unpaired) electrons. The Morgan fingerprint density at radius 2 is 2.11 bits per heavy atom. The van der Waals surface area contributed by atoms with Crippen LogP contribution in [-0.2, 0) is 6.18 Å². The number of nitrogens with two attached hydrogens (primary N) is 1. The Morgan fingerprint density at radius 3 is 2.63 bits per heavy atom. The Kier molecular flexibility index (Phi) is 3.31. The van der Waals surface area contributed by atoms with E-state index in [1.807, 2.05) is 0 Å².